The Kier molecular flexibility index (Phi) is 4.88. The quantitative estimate of drug-likeness (QED) is 0.847. The maximum atomic E-state index is 13.0. The van der Waals surface area contributed by atoms with Crippen LogP contribution >= 0.6 is 0 Å². The van der Waals surface area contributed by atoms with Crippen LogP contribution in [0.25, 0.3) is 0 Å². The first kappa shape index (κ1) is 17.5. The van der Waals surface area contributed by atoms with Gasteiger partial charge in [0.05, 0.1) is 24.9 Å². The lowest BCUT2D eigenvalue weighted by atomic mass is 10.1. The molecule has 0 unspecified atom stereocenters. The number of nitrogens with zero attached hydrogens (tertiary/aromatic N) is 1. The third-order valence-corrected chi connectivity index (χ3v) is 4.11. The molecule has 0 saturated heterocycles. The van der Waals surface area contributed by atoms with Gasteiger partial charge >= 0.3 is 5.97 Å². The minimum atomic E-state index is -0.798. The molecular formula is C19H18N2O5. The molecular weight excluding hydrogens is 336 g/mol. The third-order valence-electron chi connectivity index (χ3n) is 4.11. The molecule has 26 heavy (non-hydrogen) atoms. The summed E-state index contributed by atoms with van der Waals surface area (Å²) < 4.78 is 10.4. The molecule has 2 amide bonds. The summed E-state index contributed by atoms with van der Waals surface area (Å²) in [6, 6.07) is 13.2. The lowest BCUT2D eigenvalue weighted by Crippen LogP contribution is -2.50. The van der Waals surface area contributed by atoms with Gasteiger partial charge in [-0.2, -0.15) is 0 Å². The molecule has 0 saturated carbocycles. The van der Waals surface area contributed by atoms with Crippen molar-refractivity contribution in [1.29, 1.82) is 0 Å². The number of para-hydroxylation sites is 2. The van der Waals surface area contributed by atoms with Crippen LogP contribution in [0, 0.1) is 0 Å². The molecule has 0 radical (unpaired) electrons. The molecule has 7 nitrogen and oxygen atoms in total. The Morgan fingerprint density at radius 3 is 2.38 bits per heavy atom. The summed E-state index contributed by atoms with van der Waals surface area (Å²) in [5, 5.41) is 2.54. The SMILES string of the molecule is CNC(=O)[C@H]1CN(C(=O)c2ccc(C(=O)OC)cc2)c2ccccc2O1. The van der Waals surface area contributed by atoms with E-state index in [1.54, 1.807) is 36.4 Å². The van der Waals surface area contributed by atoms with Crippen LogP contribution in [-0.2, 0) is 9.53 Å². The number of nitrogens with one attached hydrogen (secondary N) is 1. The average molecular weight is 354 g/mol. The normalized spacial score (nSPS) is 15.5. The Labute approximate surface area is 150 Å². The molecule has 3 rings (SSSR count). The first-order valence-corrected chi connectivity index (χ1v) is 8.02. The van der Waals surface area contributed by atoms with Crippen molar-refractivity contribution in [3.8, 4) is 5.75 Å². The van der Waals surface area contributed by atoms with Crippen LogP contribution < -0.4 is 15.0 Å². The van der Waals surface area contributed by atoms with Gasteiger partial charge in [0.25, 0.3) is 11.8 Å². The van der Waals surface area contributed by atoms with Crippen molar-refractivity contribution < 1.29 is 23.9 Å². The number of hydrogen-bond acceptors (Lipinski definition) is 5. The van der Waals surface area contributed by atoms with Crippen molar-refractivity contribution in [3.63, 3.8) is 0 Å². The highest BCUT2D eigenvalue weighted by molar-refractivity contribution is 6.08. The van der Waals surface area contributed by atoms with E-state index in [2.05, 4.69) is 10.1 Å². The number of benzene rings is 2. The van der Waals surface area contributed by atoms with Gasteiger partial charge in [0.2, 0.25) is 0 Å². The lowest BCUT2D eigenvalue weighted by molar-refractivity contribution is -0.127. The van der Waals surface area contributed by atoms with Crippen LogP contribution in [0.4, 0.5) is 5.69 Å². The number of methoxy groups -OCH3 is 1. The largest absolute Gasteiger partial charge is 0.477 e. The van der Waals surface area contributed by atoms with Gasteiger partial charge < -0.3 is 19.7 Å². The molecule has 0 fully saturated rings. The van der Waals surface area contributed by atoms with E-state index < -0.39 is 12.1 Å². The Morgan fingerprint density at radius 2 is 1.73 bits per heavy atom. The average Bonchev–Trinajstić information content (AvgIpc) is 2.71. The summed E-state index contributed by atoms with van der Waals surface area (Å²) in [6.45, 7) is 0.0915. The molecule has 7 heteroatoms. The van der Waals surface area contributed by atoms with Crippen molar-refractivity contribution in [1.82, 2.24) is 5.32 Å². The number of carbonyl (C=O) groups excluding carboxylic acids is 3. The summed E-state index contributed by atoms with van der Waals surface area (Å²) in [5.74, 6) is -0.600. The zero-order valence-electron chi connectivity index (χ0n) is 14.4. The number of amides is 2. The lowest BCUT2D eigenvalue weighted by Gasteiger charge is -2.34. The maximum Gasteiger partial charge on any atom is 0.337 e. The van der Waals surface area contributed by atoms with E-state index in [1.807, 2.05) is 0 Å². The number of carbonyl (C=O) groups is 3. The minimum absolute atomic E-state index is 0.0915. The summed E-state index contributed by atoms with van der Waals surface area (Å²) >= 11 is 0. The monoisotopic (exact) mass is 354 g/mol. The zero-order chi connectivity index (χ0) is 18.7. The van der Waals surface area contributed by atoms with Gasteiger partial charge in [0.1, 0.15) is 5.75 Å². The number of fused-ring (bicyclic) bond motifs is 1. The second-order valence-corrected chi connectivity index (χ2v) is 5.67. The molecule has 0 bridgehead atoms. The highest BCUT2D eigenvalue weighted by Gasteiger charge is 2.33. The number of ether oxygens (including phenoxy) is 2. The summed E-state index contributed by atoms with van der Waals surface area (Å²) in [4.78, 5) is 38.0. The van der Waals surface area contributed by atoms with E-state index in [4.69, 9.17) is 4.74 Å². The van der Waals surface area contributed by atoms with Crippen molar-refractivity contribution in [2.45, 2.75) is 6.10 Å². The molecule has 0 spiro atoms. The third kappa shape index (κ3) is 3.23. The number of esters is 1. The maximum absolute atomic E-state index is 13.0. The Hall–Kier alpha value is -3.35. The number of rotatable bonds is 3. The van der Waals surface area contributed by atoms with Crippen molar-refractivity contribution in [3.05, 3.63) is 59.7 Å². The molecule has 1 aliphatic rings. The summed E-state index contributed by atoms with van der Waals surface area (Å²) in [7, 11) is 2.81. The van der Waals surface area contributed by atoms with Gasteiger partial charge in [-0.25, -0.2) is 4.79 Å². The minimum Gasteiger partial charge on any atom is -0.477 e. The fourth-order valence-corrected chi connectivity index (χ4v) is 2.75. The zero-order valence-corrected chi connectivity index (χ0v) is 14.4. The van der Waals surface area contributed by atoms with Crippen molar-refractivity contribution >= 4 is 23.5 Å². The Morgan fingerprint density at radius 1 is 1.08 bits per heavy atom. The van der Waals surface area contributed by atoms with Gasteiger partial charge in [-0.1, -0.05) is 12.1 Å². The van der Waals surface area contributed by atoms with Crippen LogP contribution in [0.15, 0.2) is 48.5 Å². The van der Waals surface area contributed by atoms with E-state index in [9.17, 15) is 14.4 Å². The van der Waals surface area contributed by atoms with E-state index >= 15 is 0 Å². The van der Waals surface area contributed by atoms with Crippen molar-refractivity contribution in [2.75, 3.05) is 25.6 Å². The first-order chi connectivity index (χ1) is 12.5. The second kappa shape index (κ2) is 7.26. The molecule has 1 heterocycles. The van der Waals surface area contributed by atoms with E-state index in [0.717, 1.165) is 0 Å². The van der Waals surface area contributed by atoms with Gasteiger partial charge in [0.15, 0.2) is 6.10 Å². The van der Waals surface area contributed by atoms with Crippen LogP contribution in [0.2, 0.25) is 0 Å². The smallest absolute Gasteiger partial charge is 0.337 e. The molecule has 2 aromatic carbocycles. The van der Waals surface area contributed by atoms with E-state index in [-0.39, 0.29) is 18.4 Å². The van der Waals surface area contributed by atoms with Crippen LogP contribution in [0.5, 0.6) is 5.75 Å². The van der Waals surface area contributed by atoms with Crippen LogP contribution in [-0.4, -0.2) is 44.6 Å². The number of hydrogen-bond donors (Lipinski definition) is 1. The second-order valence-electron chi connectivity index (χ2n) is 5.67. The Bertz CT molecular complexity index is 847. The molecule has 1 N–H and O–H groups in total. The highest BCUT2D eigenvalue weighted by Crippen LogP contribution is 2.34. The van der Waals surface area contributed by atoms with Gasteiger partial charge in [-0.15, -0.1) is 0 Å². The molecule has 0 aliphatic carbocycles. The highest BCUT2D eigenvalue weighted by atomic mass is 16.5. The van der Waals surface area contributed by atoms with Gasteiger partial charge in [-0.3, -0.25) is 9.59 Å². The van der Waals surface area contributed by atoms with Crippen LogP contribution in [0.1, 0.15) is 20.7 Å². The van der Waals surface area contributed by atoms with Gasteiger partial charge in [-0.05, 0) is 36.4 Å². The predicted octanol–water partition coefficient (Wildman–Crippen LogP) is 1.63. The predicted molar refractivity (Wildman–Crippen MR) is 94.4 cm³/mol. The van der Waals surface area contributed by atoms with Crippen LogP contribution in [0.3, 0.4) is 0 Å². The summed E-state index contributed by atoms with van der Waals surface area (Å²) in [6.07, 6.45) is -0.798. The van der Waals surface area contributed by atoms with E-state index in [1.165, 1.54) is 31.2 Å². The molecule has 2 aromatic rings. The summed E-state index contributed by atoms with van der Waals surface area (Å²) in [5.41, 5.74) is 1.34. The molecule has 0 aromatic heterocycles. The number of anilines is 1. The van der Waals surface area contributed by atoms with Crippen molar-refractivity contribution in [2.24, 2.45) is 0 Å². The molecule has 1 atom stereocenters. The molecule has 134 valence electrons. The Balaban J connectivity index is 1.92. The first-order valence-electron chi connectivity index (χ1n) is 8.02. The molecule has 1 aliphatic heterocycles. The topological polar surface area (TPSA) is 84.9 Å². The van der Waals surface area contributed by atoms with E-state index in [0.29, 0.717) is 22.6 Å². The standard InChI is InChI=1S/C19H18N2O5/c1-20-17(22)16-11-21(14-5-3-4-6-15(14)26-16)18(23)12-7-9-13(10-8-12)19(24)25-2/h3-10,16H,11H2,1-2H3,(H,20,22)/t16-/m1/s1. The fraction of sp³-hybridized carbons (Fsp3) is 0.211. The number of likely N-dealkylation sites (N-methyl/N-ethyl adjacent to an activating group) is 1. The van der Waals surface area contributed by atoms with Gasteiger partial charge in [0, 0.05) is 12.6 Å². The fourth-order valence-electron chi connectivity index (χ4n) is 2.75.